The molecular formula is C37H53O6PSi2. The summed E-state index contributed by atoms with van der Waals surface area (Å²) in [7, 11) is -8.57. The van der Waals surface area contributed by atoms with Crippen molar-refractivity contribution in [3.05, 3.63) is 90.5 Å². The zero-order chi connectivity index (χ0) is 34.1. The van der Waals surface area contributed by atoms with Crippen molar-refractivity contribution in [2.75, 3.05) is 19.8 Å². The van der Waals surface area contributed by atoms with Crippen LogP contribution < -0.4 is 14.8 Å². The van der Waals surface area contributed by atoms with Gasteiger partial charge in [0.05, 0.1) is 13.2 Å². The van der Waals surface area contributed by atoms with Crippen LogP contribution in [0, 0.1) is 11.8 Å². The summed E-state index contributed by atoms with van der Waals surface area (Å²) in [6.07, 6.45) is -0.390. The summed E-state index contributed by atoms with van der Waals surface area (Å²) in [5.41, 5.74) is 0.798. The average molecular weight is 681 g/mol. The van der Waals surface area contributed by atoms with Crippen LogP contribution in [0.4, 0.5) is 0 Å². The molecule has 0 aliphatic rings. The minimum atomic E-state index is -3.84. The van der Waals surface area contributed by atoms with E-state index in [-0.39, 0.29) is 23.3 Å². The van der Waals surface area contributed by atoms with E-state index in [2.05, 4.69) is 115 Å². The molecule has 0 unspecified atom stereocenters. The van der Waals surface area contributed by atoms with Crippen molar-refractivity contribution >= 4 is 34.8 Å². The Morgan fingerprint density at radius 2 is 1.24 bits per heavy atom. The molecule has 3 rings (SSSR count). The summed E-state index contributed by atoms with van der Waals surface area (Å²) in [6, 6.07) is 28.8. The monoisotopic (exact) mass is 680 g/mol. The molecule has 3 aromatic rings. The molecule has 6 nitrogen and oxygen atoms in total. The van der Waals surface area contributed by atoms with Gasteiger partial charge in [0.2, 0.25) is 8.32 Å². The minimum absolute atomic E-state index is 0.0988. The Bertz CT molecular complexity index is 1420. The molecule has 3 aromatic carbocycles. The van der Waals surface area contributed by atoms with Crippen LogP contribution in [0.25, 0.3) is 0 Å². The lowest BCUT2D eigenvalue weighted by atomic mass is 10.2. The van der Waals surface area contributed by atoms with Gasteiger partial charge >= 0.3 is 7.82 Å². The summed E-state index contributed by atoms with van der Waals surface area (Å²) in [4.78, 5) is 0. The first-order valence-electron chi connectivity index (χ1n) is 16.2. The van der Waals surface area contributed by atoms with Gasteiger partial charge in [0.1, 0.15) is 11.9 Å². The maximum absolute atomic E-state index is 13.5. The van der Waals surface area contributed by atoms with E-state index in [1.807, 2.05) is 36.4 Å². The molecule has 0 heterocycles. The quantitative estimate of drug-likeness (QED) is 0.0963. The van der Waals surface area contributed by atoms with Crippen LogP contribution in [0.1, 0.15) is 67.4 Å². The van der Waals surface area contributed by atoms with Gasteiger partial charge in [-0.3, -0.25) is 13.6 Å². The van der Waals surface area contributed by atoms with Gasteiger partial charge in [-0.1, -0.05) is 114 Å². The second-order valence-corrected chi connectivity index (χ2v) is 24.5. The summed E-state index contributed by atoms with van der Waals surface area (Å²) < 4.78 is 44.0. The zero-order valence-corrected chi connectivity index (χ0v) is 32.3. The molecule has 0 spiro atoms. The third kappa shape index (κ3) is 9.77. The third-order valence-corrected chi connectivity index (χ3v) is 19.4. The smallest absolute Gasteiger partial charge is 0.475 e. The van der Waals surface area contributed by atoms with E-state index in [0.29, 0.717) is 13.0 Å². The lowest BCUT2D eigenvalue weighted by Crippen LogP contribution is -2.66. The minimum Gasteiger partial charge on any atom is -0.544 e. The van der Waals surface area contributed by atoms with E-state index in [4.69, 9.17) is 22.4 Å². The number of rotatable bonds is 14. The van der Waals surface area contributed by atoms with Crippen LogP contribution in [0.3, 0.4) is 0 Å². The maximum atomic E-state index is 13.5. The van der Waals surface area contributed by atoms with E-state index in [0.717, 1.165) is 11.3 Å². The molecule has 0 aliphatic carbocycles. The molecule has 0 saturated carbocycles. The molecule has 0 amide bonds. The molecule has 0 aromatic heterocycles. The van der Waals surface area contributed by atoms with Crippen molar-refractivity contribution in [2.45, 2.75) is 91.1 Å². The highest BCUT2D eigenvalue weighted by molar-refractivity contribution is 7.48. The van der Waals surface area contributed by atoms with Crippen LogP contribution in [0.15, 0.2) is 84.9 Å². The van der Waals surface area contributed by atoms with E-state index in [1.54, 1.807) is 13.8 Å². The van der Waals surface area contributed by atoms with Crippen LogP contribution in [-0.2, 0) is 22.6 Å². The molecule has 9 heteroatoms. The second kappa shape index (κ2) is 16.1. The Balaban J connectivity index is 1.93. The van der Waals surface area contributed by atoms with Crippen molar-refractivity contribution < 1.29 is 27.0 Å². The number of benzene rings is 3. The fourth-order valence-corrected chi connectivity index (χ4v) is 11.9. The predicted molar refractivity (Wildman–Crippen MR) is 195 cm³/mol. The molecule has 46 heavy (non-hydrogen) atoms. The van der Waals surface area contributed by atoms with E-state index >= 15 is 0 Å². The summed E-state index contributed by atoms with van der Waals surface area (Å²) in [6.45, 7) is 22.1. The number of phosphoric acid groups is 1. The van der Waals surface area contributed by atoms with Gasteiger partial charge in [0.15, 0.2) is 0 Å². The summed E-state index contributed by atoms with van der Waals surface area (Å²) in [5, 5.41) is 2.29. The molecule has 0 radical (unpaired) electrons. The van der Waals surface area contributed by atoms with Crippen LogP contribution in [0.5, 0.6) is 5.75 Å². The lowest BCUT2D eigenvalue weighted by Gasteiger charge is -2.43. The van der Waals surface area contributed by atoms with Crippen LogP contribution in [0.2, 0.25) is 23.2 Å². The van der Waals surface area contributed by atoms with Crippen molar-refractivity contribution in [1.29, 1.82) is 0 Å². The molecule has 0 saturated heterocycles. The highest BCUT2D eigenvalue weighted by atomic mass is 31.2. The van der Waals surface area contributed by atoms with E-state index in [9.17, 15) is 4.57 Å². The van der Waals surface area contributed by atoms with E-state index in [1.165, 1.54) is 10.4 Å². The zero-order valence-electron chi connectivity index (χ0n) is 29.4. The predicted octanol–water partition coefficient (Wildman–Crippen LogP) is 8.96. The number of phosphoric ester groups is 1. The Morgan fingerprint density at radius 1 is 0.739 bits per heavy atom. The Morgan fingerprint density at radius 3 is 1.67 bits per heavy atom. The van der Waals surface area contributed by atoms with Crippen molar-refractivity contribution in [2.24, 2.45) is 0 Å². The van der Waals surface area contributed by atoms with Crippen molar-refractivity contribution in [3.63, 3.8) is 0 Å². The number of hydrogen-bond donors (Lipinski definition) is 0. The molecular weight excluding hydrogens is 628 g/mol. The Labute approximate surface area is 280 Å². The highest BCUT2D eigenvalue weighted by Gasteiger charge is 2.50. The van der Waals surface area contributed by atoms with Crippen LogP contribution >= 0.6 is 7.82 Å². The van der Waals surface area contributed by atoms with Gasteiger partial charge in [0, 0.05) is 18.6 Å². The molecule has 1 atom stereocenters. The van der Waals surface area contributed by atoms with Gasteiger partial charge in [-0.05, 0) is 71.7 Å². The van der Waals surface area contributed by atoms with Gasteiger partial charge in [-0.15, -0.1) is 0 Å². The first-order valence-corrected chi connectivity index (χ1v) is 22.5. The van der Waals surface area contributed by atoms with E-state index < -0.39 is 30.6 Å². The molecule has 0 fully saturated rings. The summed E-state index contributed by atoms with van der Waals surface area (Å²) >= 11 is 0. The average Bonchev–Trinajstić information content (AvgIpc) is 2.98. The molecule has 0 N–H and O–H groups in total. The first-order chi connectivity index (χ1) is 21.6. The second-order valence-electron chi connectivity index (χ2n) is 13.8. The standard InChI is InChI=1S/C37H53O6PSi2/c1-11-39-44(38,40-12-2)42-32(26-23-31-24-27-33(28-25-31)43-45(9,10)36(3,4)5)29-30-41-46(37(6,7)8,34-19-15-13-16-20-34)35-21-17-14-18-22-35/h13-22,24-25,27-28,32H,11-12,29-30H2,1-10H3/t32-/m0/s1. The highest BCUT2D eigenvalue weighted by Crippen LogP contribution is 2.50. The SMILES string of the molecule is CCOP(=O)(OCC)O[C@@H](C#Cc1ccc(O[Si](C)(C)C(C)(C)C)cc1)CCO[Si](c1ccccc1)(c1ccccc1)C(C)(C)C. The Kier molecular flexibility index (Phi) is 13.3. The lowest BCUT2D eigenvalue weighted by molar-refractivity contribution is 0.0940. The van der Waals surface area contributed by atoms with Gasteiger partial charge < -0.3 is 8.85 Å². The third-order valence-electron chi connectivity index (χ3n) is 8.36. The largest absolute Gasteiger partial charge is 0.544 e. The van der Waals surface area contributed by atoms with Crippen molar-refractivity contribution in [1.82, 2.24) is 0 Å². The number of hydrogen-bond acceptors (Lipinski definition) is 6. The Hall–Kier alpha value is -2.48. The normalized spacial score (nSPS) is 13.5. The van der Waals surface area contributed by atoms with Gasteiger partial charge in [-0.2, -0.15) is 0 Å². The molecule has 250 valence electrons. The first kappa shape index (κ1) is 38.0. The fourth-order valence-electron chi connectivity index (χ4n) is 5.02. The molecule has 0 aliphatic heterocycles. The summed E-state index contributed by atoms with van der Waals surface area (Å²) in [5.74, 6) is 7.26. The van der Waals surface area contributed by atoms with Crippen LogP contribution in [-0.4, -0.2) is 42.6 Å². The fraction of sp³-hybridized carbons (Fsp3) is 0.459. The maximum Gasteiger partial charge on any atom is 0.475 e. The van der Waals surface area contributed by atoms with Gasteiger partial charge in [-0.25, -0.2) is 4.57 Å². The molecule has 0 bridgehead atoms. The van der Waals surface area contributed by atoms with Crippen molar-refractivity contribution in [3.8, 4) is 17.6 Å². The van der Waals surface area contributed by atoms with Gasteiger partial charge in [0.25, 0.3) is 8.32 Å². The topological polar surface area (TPSA) is 63.2 Å².